The first kappa shape index (κ1) is 21.2. The molecule has 2 unspecified atom stereocenters. The maximum absolute atomic E-state index is 12.4. The molecule has 0 saturated carbocycles. The van der Waals surface area contributed by atoms with Crippen LogP contribution in [-0.4, -0.2) is 42.9 Å². The second kappa shape index (κ2) is 9.36. The van der Waals surface area contributed by atoms with E-state index in [-0.39, 0.29) is 35.6 Å². The van der Waals surface area contributed by atoms with E-state index in [2.05, 4.69) is 33.0 Å². The molecule has 1 aliphatic heterocycles. The number of piperidine rings is 1. The van der Waals surface area contributed by atoms with Crippen LogP contribution in [0.25, 0.3) is 0 Å². The van der Waals surface area contributed by atoms with Crippen molar-refractivity contribution >= 4 is 24.2 Å². The minimum absolute atomic E-state index is 0. The maximum Gasteiger partial charge on any atom is 0.224 e. The van der Waals surface area contributed by atoms with Gasteiger partial charge in [0.15, 0.2) is 0 Å². The van der Waals surface area contributed by atoms with Crippen LogP contribution in [0, 0.1) is 17.3 Å². The molecule has 0 aromatic rings. The predicted octanol–water partition coefficient (Wildman–Crippen LogP) is 1.79. The van der Waals surface area contributed by atoms with Crippen molar-refractivity contribution < 1.29 is 9.59 Å². The van der Waals surface area contributed by atoms with Crippen molar-refractivity contribution in [2.75, 3.05) is 26.2 Å². The Hall–Kier alpha value is -0.810. The van der Waals surface area contributed by atoms with E-state index in [0.717, 1.165) is 19.4 Å². The molecule has 6 heteroatoms. The molecule has 130 valence electrons. The Kier molecular flexibility index (Phi) is 9.01. The van der Waals surface area contributed by atoms with Gasteiger partial charge < -0.3 is 16.0 Å². The van der Waals surface area contributed by atoms with E-state index in [4.69, 9.17) is 5.73 Å². The third-order valence-electron chi connectivity index (χ3n) is 4.55. The smallest absolute Gasteiger partial charge is 0.224 e. The normalized spacial score (nSPS) is 20.0. The van der Waals surface area contributed by atoms with Gasteiger partial charge in [0.2, 0.25) is 11.8 Å². The van der Waals surface area contributed by atoms with Crippen LogP contribution in [-0.2, 0) is 9.59 Å². The molecule has 0 radical (unpaired) electrons. The summed E-state index contributed by atoms with van der Waals surface area (Å²) >= 11 is 0. The van der Waals surface area contributed by atoms with E-state index >= 15 is 0 Å². The molecule has 0 aromatic heterocycles. The SMILES string of the molecule is CC(CC(=O)N1CCCC(C(=O)NCCN)C1)C(C)(C)C.Cl. The van der Waals surface area contributed by atoms with Gasteiger partial charge in [-0.3, -0.25) is 9.59 Å². The summed E-state index contributed by atoms with van der Waals surface area (Å²) in [7, 11) is 0. The first-order chi connectivity index (χ1) is 9.75. The Balaban J connectivity index is 0.00000441. The lowest BCUT2D eigenvalue weighted by molar-refractivity contribution is -0.137. The lowest BCUT2D eigenvalue weighted by Gasteiger charge is -2.34. The number of nitrogens with two attached hydrogens (primary N) is 1. The Morgan fingerprint density at radius 3 is 2.55 bits per heavy atom. The molecule has 2 atom stereocenters. The number of rotatable bonds is 5. The van der Waals surface area contributed by atoms with Crippen LogP contribution in [0.2, 0.25) is 0 Å². The highest BCUT2D eigenvalue weighted by molar-refractivity contribution is 5.85. The fraction of sp³-hybridized carbons (Fsp3) is 0.875. The van der Waals surface area contributed by atoms with Crippen LogP contribution in [0.15, 0.2) is 0 Å². The molecule has 0 spiro atoms. The number of amides is 2. The predicted molar refractivity (Wildman–Crippen MR) is 91.9 cm³/mol. The molecule has 1 fully saturated rings. The third kappa shape index (κ3) is 6.53. The molecule has 2 amide bonds. The molecule has 3 N–H and O–H groups in total. The van der Waals surface area contributed by atoms with Gasteiger partial charge in [0, 0.05) is 32.6 Å². The molecule has 5 nitrogen and oxygen atoms in total. The van der Waals surface area contributed by atoms with Crippen molar-refractivity contribution in [3.63, 3.8) is 0 Å². The molecule has 0 bridgehead atoms. The zero-order valence-corrected chi connectivity index (χ0v) is 15.2. The highest BCUT2D eigenvalue weighted by Crippen LogP contribution is 2.29. The van der Waals surface area contributed by atoms with Crippen LogP contribution >= 0.6 is 12.4 Å². The second-order valence-corrected chi connectivity index (χ2v) is 7.23. The van der Waals surface area contributed by atoms with Crippen molar-refractivity contribution in [1.29, 1.82) is 0 Å². The summed E-state index contributed by atoms with van der Waals surface area (Å²) in [6.07, 6.45) is 2.31. The first-order valence-electron chi connectivity index (χ1n) is 8.01. The maximum atomic E-state index is 12.4. The van der Waals surface area contributed by atoms with Crippen LogP contribution in [0.1, 0.15) is 47.0 Å². The van der Waals surface area contributed by atoms with E-state index in [1.807, 2.05) is 4.90 Å². The minimum Gasteiger partial charge on any atom is -0.355 e. The summed E-state index contributed by atoms with van der Waals surface area (Å²) in [5.41, 5.74) is 5.53. The van der Waals surface area contributed by atoms with Crippen molar-refractivity contribution in [1.82, 2.24) is 10.2 Å². The van der Waals surface area contributed by atoms with Gasteiger partial charge in [0.25, 0.3) is 0 Å². The second-order valence-electron chi connectivity index (χ2n) is 7.23. The van der Waals surface area contributed by atoms with E-state index < -0.39 is 0 Å². The zero-order valence-electron chi connectivity index (χ0n) is 14.4. The number of nitrogens with one attached hydrogen (secondary N) is 1. The van der Waals surface area contributed by atoms with Gasteiger partial charge in [0.05, 0.1) is 5.92 Å². The largest absolute Gasteiger partial charge is 0.355 e. The number of nitrogens with zero attached hydrogens (tertiary/aromatic N) is 1. The monoisotopic (exact) mass is 333 g/mol. The summed E-state index contributed by atoms with van der Waals surface area (Å²) in [5.74, 6) is 0.450. The zero-order chi connectivity index (χ0) is 16.0. The van der Waals surface area contributed by atoms with Crippen molar-refractivity contribution in [2.45, 2.75) is 47.0 Å². The molecule has 1 saturated heterocycles. The summed E-state index contributed by atoms with van der Waals surface area (Å²) in [4.78, 5) is 26.3. The third-order valence-corrected chi connectivity index (χ3v) is 4.55. The molecular formula is C16H32ClN3O2. The fourth-order valence-electron chi connectivity index (χ4n) is 2.45. The summed E-state index contributed by atoms with van der Waals surface area (Å²) in [5, 5.41) is 2.82. The summed E-state index contributed by atoms with van der Waals surface area (Å²) < 4.78 is 0. The molecule has 1 rings (SSSR count). The molecule has 0 aliphatic carbocycles. The molecule has 1 aliphatic rings. The molecule has 0 aromatic carbocycles. The van der Waals surface area contributed by atoms with Gasteiger partial charge in [-0.2, -0.15) is 0 Å². The Labute approximate surface area is 140 Å². The van der Waals surface area contributed by atoms with Crippen molar-refractivity contribution in [3.05, 3.63) is 0 Å². The number of carbonyl (C=O) groups excluding carboxylic acids is 2. The fourth-order valence-corrected chi connectivity index (χ4v) is 2.45. The van der Waals surface area contributed by atoms with E-state index in [9.17, 15) is 9.59 Å². The standard InChI is InChI=1S/C16H31N3O2.ClH/c1-12(16(2,3)4)10-14(20)19-9-5-6-13(11-19)15(21)18-8-7-17;/h12-13H,5-11,17H2,1-4H3,(H,18,21);1H. The van der Waals surface area contributed by atoms with Gasteiger partial charge in [-0.15, -0.1) is 12.4 Å². The van der Waals surface area contributed by atoms with E-state index in [1.54, 1.807) is 0 Å². The van der Waals surface area contributed by atoms with Gasteiger partial charge in [-0.25, -0.2) is 0 Å². The average Bonchev–Trinajstić information content (AvgIpc) is 2.43. The number of hydrogen-bond donors (Lipinski definition) is 2. The van der Waals surface area contributed by atoms with Crippen LogP contribution in [0.4, 0.5) is 0 Å². The van der Waals surface area contributed by atoms with Crippen LogP contribution in [0.3, 0.4) is 0 Å². The molecule has 1 heterocycles. The van der Waals surface area contributed by atoms with E-state index in [0.29, 0.717) is 32.0 Å². The minimum atomic E-state index is -0.0841. The summed E-state index contributed by atoms with van der Waals surface area (Å²) in [6, 6.07) is 0. The number of hydrogen-bond acceptors (Lipinski definition) is 3. The van der Waals surface area contributed by atoms with Crippen molar-refractivity contribution in [2.24, 2.45) is 23.0 Å². The molecular weight excluding hydrogens is 302 g/mol. The topological polar surface area (TPSA) is 75.4 Å². The van der Waals surface area contributed by atoms with Gasteiger partial charge in [0.1, 0.15) is 0 Å². The van der Waals surface area contributed by atoms with Gasteiger partial charge >= 0.3 is 0 Å². The highest BCUT2D eigenvalue weighted by Gasteiger charge is 2.30. The Morgan fingerprint density at radius 1 is 1.36 bits per heavy atom. The Bertz CT molecular complexity index is 369. The number of carbonyl (C=O) groups is 2. The average molecular weight is 334 g/mol. The van der Waals surface area contributed by atoms with Crippen LogP contribution in [0.5, 0.6) is 0 Å². The van der Waals surface area contributed by atoms with E-state index in [1.165, 1.54) is 0 Å². The van der Waals surface area contributed by atoms with Crippen LogP contribution < -0.4 is 11.1 Å². The van der Waals surface area contributed by atoms with Crippen molar-refractivity contribution in [3.8, 4) is 0 Å². The molecule has 22 heavy (non-hydrogen) atoms. The number of halogens is 1. The highest BCUT2D eigenvalue weighted by atomic mass is 35.5. The quantitative estimate of drug-likeness (QED) is 0.805. The number of likely N-dealkylation sites (tertiary alicyclic amines) is 1. The lowest BCUT2D eigenvalue weighted by atomic mass is 9.80. The Morgan fingerprint density at radius 2 is 2.00 bits per heavy atom. The first-order valence-corrected chi connectivity index (χ1v) is 8.01. The van der Waals surface area contributed by atoms with Gasteiger partial charge in [-0.1, -0.05) is 27.7 Å². The lowest BCUT2D eigenvalue weighted by Crippen LogP contribution is -2.46. The van der Waals surface area contributed by atoms with Gasteiger partial charge in [-0.05, 0) is 24.2 Å². The summed E-state index contributed by atoms with van der Waals surface area (Å²) in [6.45, 7) is 10.9.